The van der Waals surface area contributed by atoms with Crippen LogP contribution in [-0.4, -0.2) is 61.9 Å². The third-order valence-electron chi connectivity index (χ3n) is 9.38. The molecule has 2 fully saturated rings. The summed E-state index contributed by atoms with van der Waals surface area (Å²) in [7, 11) is -1.77. The molecule has 4 N–H and O–H groups in total. The smallest absolute Gasteiger partial charge is 0.319 e. The van der Waals surface area contributed by atoms with Gasteiger partial charge in [0.05, 0.1) is 22.1 Å². The van der Waals surface area contributed by atoms with E-state index in [9.17, 15) is 9.59 Å². The molecule has 0 bridgehead atoms. The number of anilines is 4. The summed E-state index contributed by atoms with van der Waals surface area (Å²) >= 11 is 6.43. The Hall–Kier alpha value is -3.90. The SMILES string of the molecule is C=CC(=O)Nc1cc(CCN2CCC(O[Si](C)(C)C(C)(C)C)CC2)ccc1Nc1cc(Oc2ccc(NC(=O)NC3CC3)c(Cl)c2)ccn1. The van der Waals surface area contributed by atoms with Crippen LogP contribution < -0.4 is 26.0 Å². The van der Waals surface area contributed by atoms with E-state index in [0.29, 0.717) is 45.5 Å². The molecule has 262 valence electrons. The van der Waals surface area contributed by atoms with Crippen LogP contribution in [0, 0.1) is 0 Å². The number of carbonyl (C=O) groups is 2. The van der Waals surface area contributed by atoms with Crippen molar-refractivity contribution < 1.29 is 18.8 Å². The highest BCUT2D eigenvalue weighted by Gasteiger charge is 2.39. The Kier molecular flexibility index (Phi) is 11.7. The zero-order chi connectivity index (χ0) is 35.2. The zero-order valence-corrected chi connectivity index (χ0v) is 31.0. The van der Waals surface area contributed by atoms with Gasteiger partial charge in [0.25, 0.3) is 0 Å². The number of likely N-dealkylation sites (tertiary alicyclic amines) is 1. The van der Waals surface area contributed by atoms with Gasteiger partial charge in [-0.3, -0.25) is 4.79 Å². The van der Waals surface area contributed by atoms with Gasteiger partial charge < -0.3 is 35.3 Å². The predicted octanol–water partition coefficient (Wildman–Crippen LogP) is 8.71. The quantitative estimate of drug-likeness (QED) is 0.104. The van der Waals surface area contributed by atoms with Crippen molar-refractivity contribution >= 4 is 54.7 Å². The molecule has 1 aliphatic heterocycles. The van der Waals surface area contributed by atoms with Crippen molar-refractivity contribution in [1.82, 2.24) is 15.2 Å². The number of ether oxygens (including phenoxy) is 1. The molecule has 10 nitrogen and oxygen atoms in total. The van der Waals surface area contributed by atoms with Gasteiger partial charge in [-0.05, 0) is 92.2 Å². The first kappa shape index (κ1) is 36.4. The van der Waals surface area contributed by atoms with Crippen LogP contribution in [0.3, 0.4) is 0 Å². The Labute approximate surface area is 296 Å². The van der Waals surface area contributed by atoms with Crippen molar-refractivity contribution in [2.75, 3.05) is 35.6 Å². The van der Waals surface area contributed by atoms with E-state index in [1.54, 1.807) is 36.5 Å². The van der Waals surface area contributed by atoms with Gasteiger partial charge >= 0.3 is 6.03 Å². The molecule has 1 aromatic heterocycles. The van der Waals surface area contributed by atoms with E-state index >= 15 is 0 Å². The standard InChI is InChI=1S/C37H49ClN6O4Si/c1-7-35(45)42-33-22-25(15-19-44-20-16-27(17-21-44)48-49(5,6)37(2,3)4)8-12-32(33)41-34-24-29(14-18-39-34)47-28-11-13-31(30(38)23-28)43-36(46)40-26-9-10-26/h7-8,11-14,18,22-24,26-27H,1,9-10,15-17,19-21H2,2-6H3,(H,39,41)(H,42,45)(H2,40,43,46). The number of carbonyl (C=O) groups excluding carboxylic acids is 2. The highest BCUT2D eigenvalue weighted by atomic mass is 35.5. The number of hydrogen-bond donors (Lipinski definition) is 4. The van der Waals surface area contributed by atoms with Crippen molar-refractivity contribution in [3.63, 3.8) is 0 Å². The highest BCUT2D eigenvalue weighted by molar-refractivity contribution is 6.74. The fourth-order valence-electron chi connectivity index (χ4n) is 5.32. The lowest BCUT2D eigenvalue weighted by Gasteiger charge is -2.42. The average molecular weight is 705 g/mol. The number of hydrogen-bond acceptors (Lipinski definition) is 7. The minimum atomic E-state index is -1.77. The lowest BCUT2D eigenvalue weighted by atomic mass is 10.1. The molecule has 3 amide bonds. The number of rotatable bonds is 13. The first-order chi connectivity index (χ1) is 23.3. The Balaban J connectivity index is 1.19. The van der Waals surface area contributed by atoms with E-state index in [1.165, 1.54) is 6.08 Å². The second-order valence-electron chi connectivity index (χ2n) is 14.4. The normalized spacial score (nSPS) is 15.7. The minimum Gasteiger partial charge on any atom is -0.457 e. The first-order valence-electron chi connectivity index (χ1n) is 17.0. The number of nitrogens with zero attached hydrogens (tertiary/aromatic N) is 2. The number of amides is 3. The molecule has 49 heavy (non-hydrogen) atoms. The molecule has 2 aliphatic rings. The summed E-state index contributed by atoms with van der Waals surface area (Å²) in [4.78, 5) is 31.4. The Bertz CT molecular complexity index is 1650. The fourth-order valence-corrected chi connectivity index (χ4v) is 6.96. The molecule has 2 aromatic carbocycles. The van der Waals surface area contributed by atoms with Crippen LogP contribution in [0.25, 0.3) is 0 Å². The number of pyridine rings is 1. The number of piperidine rings is 1. The largest absolute Gasteiger partial charge is 0.457 e. The number of nitrogens with one attached hydrogen (secondary N) is 4. The molecule has 12 heteroatoms. The zero-order valence-electron chi connectivity index (χ0n) is 29.2. The second kappa shape index (κ2) is 15.8. The molecular weight excluding hydrogens is 656 g/mol. The summed E-state index contributed by atoms with van der Waals surface area (Å²) < 4.78 is 12.7. The molecule has 0 atom stereocenters. The van der Waals surface area contributed by atoms with Gasteiger partial charge in [0.1, 0.15) is 17.3 Å². The first-order valence-corrected chi connectivity index (χ1v) is 20.3. The van der Waals surface area contributed by atoms with E-state index in [2.05, 4.69) is 77.7 Å². The van der Waals surface area contributed by atoms with Gasteiger partial charge in [-0.15, -0.1) is 0 Å². The molecule has 0 radical (unpaired) electrons. The van der Waals surface area contributed by atoms with E-state index in [4.69, 9.17) is 20.8 Å². The van der Waals surface area contributed by atoms with Gasteiger partial charge in [0.15, 0.2) is 8.32 Å². The van der Waals surface area contributed by atoms with Gasteiger partial charge in [0.2, 0.25) is 5.91 Å². The predicted molar refractivity (Wildman–Crippen MR) is 201 cm³/mol. The minimum absolute atomic E-state index is 0.215. The summed E-state index contributed by atoms with van der Waals surface area (Å²) in [5.74, 6) is 1.27. The number of aromatic nitrogens is 1. The maximum absolute atomic E-state index is 12.4. The van der Waals surface area contributed by atoms with Crippen LogP contribution in [0.5, 0.6) is 11.5 Å². The Morgan fingerprint density at radius 1 is 0.980 bits per heavy atom. The van der Waals surface area contributed by atoms with Crippen LogP contribution >= 0.6 is 11.6 Å². The van der Waals surface area contributed by atoms with Gasteiger partial charge in [-0.25, -0.2) is 9.78 Å². The summed E-state index contributed by atoms with van der Waals surface area (Å²) in [6, 6.07) is 14.6. The third-order valence-corrected chi connectivity index (χ3v) is 14.2. The molecule has 0 spiro atoms. The molecule has 5 rings (SSSR count). The molecule has 2 heterocycles. The van der Waals surface area contributed by atoms with E-state index in [-0.39, 0.29) is 23.0 Å². The molecule has 1 aliphatic carbocycles. The Morgan fingerprint density at radius 2 is 1.69 bits per heavy atom. The summed E-state index contributed by atoms with van der Waals surface area (Å²) in [5, 5.41) is 12.5. The molecule has 1 saturated heterocycles. The second-order valence-corrected chi connectivity index (χ2v) is 19.5. The summed E-state index contributed by atoms with van der Waals surface area (Å²) in [6.45, 7) is 18.1. The molecule has 0 unspecified atom stereocenters. The summed E-state index contributed by atoms with van der Waals surface area (Å²) in [5.41, 5.74) is 2.94. The van der Waals surface area contributed by atoms with Gasteiger partial charge in [-0.2, -0.15) is 0 Å². The molecule has 1 saturated carbocycles. The van der Waals surface area contributed by atoms with Crippen molar-refractivity contribution in [3.8, 4) is 11.5 Å². The molecule has 3 aromatic rings. The number of benzene rings is 2. The van der Waals surface area contributed by atoms with Crippen molar-refractivity contribution in [1.29, 1.82) is 0 Å². The summed E-state index contributed by atoms with van der Waals surface area (Å²) in [6.07, 6.45) is 8.20. The van der Waals surface area contributed by atoms with Crippen LogP contribution in [0.1, 0.15) is 52.0 Å². The lowest BCUT2D eigenvalue weighted by molar-refractivity contribution is -0.111. The van der Waals surface area contributed by atoms with Crippen molar-refractivity contribution in [2.24, 2.45) is 0 Å². The van der Waals surface area contributed by atoms with Crippen LogP contribution in [0.4, 0.5) is 27.7 Å². The maximum atomic E-state index is 12.4. The number of urea groups is 1. The van der Waals surface area contributed by atoms with E-state index in [0.717, 1.165) is 57.3 Å². The molecular formula is C37H49ClN6O4Si. The third kappa shape index (κ3) is 10.5. The topological polar surface area (TPSA) is 117 Å². The number of halogens is 1. The Morgan fingerprint density at radius 3 is 2.37 bits per heavy atom. The lowest BCUT2D eigenvalue weighted by Crippen LogP contribution is -2.47. The van der Waals surface area contributed by atoms with Crippen LogP contribution in [0.15, 0.2) is 67.4 Å². The highest BCUT2D eigenvalue weighted by Crippen LogP contribution is 2.38. The average Bonchev–Trinajstić information content (AvgIpc) is 3.86. The monoisotopic (exact) mass is 704 g/mol. The fraction of sp³-hybridized carbons (Fsp3) is 0.432. The van der Waals surface area contributed by atoms with Gasteiger partial charge in [-0.1, -0.05) is 45.0 Å². The van der Waals surface area contributed by atoms with E-state index in [1.807, 2.05) is 12.1 Å². The maximum Gasteiger partial charge on any atom is 0.319 e. The van der Waals surface area contributed by atoms with Crippen molar-refractivity contribution in [2.45, 2.75) is 83.2 Å². The van der Waals surface area contributed by atoms with Crippen molar-refractivity contribution in [3.05, 3.63) is 78.0 Å². The van der Waals surface area contributed by atoms with E-state index < -0.39 is 8.32 Å². The van der Waals surface area contributed by atoms with Crippen LogP contribution in [0.2, 0.25) is 23.2 Å². The van der Waals surface area contributed by atoms with Gasteiger partial charge in [0, 0.05) is 50.1 Å². The van der Waals surface area contributed by atoms with Crippen LogP contribution in [-0.2, 0) is 15.6 Å².